The summed E-state index contributed by atoms with van der Waals surface area (Å²) in [6.07, 6.45) is 3.49. The summed E-state index contributed by atoms with van der Waals surface area (Å²) in [4.78, 5) is 11.6. The van der Waals surface area contributed by atoms with Gasteiger partial charge in [-0.3, -0.25) is 4.79 Å². The number of nitrogens with one attached hydrogen (secondary N) is 1. The summed E-state index contributed by atoms with van der Waals surface area (Å²) in [5.74, 6) is -0.295. The van der Waals surface area contributed by atoms with Gasteiger partial charge in [-0.25, -0.2) is 8.42 Å². The molecule has 0 saturated heterocycles. The third-order valence-electron chi connectivity index (χ3n) is 3.41. The minimum atomic E-state index is -3.11. The van der Waals surface area contributed by atoms with Crippen LogP contribution in [0.3, 0.4) is 0 Å². The third kappa shape index (κ3) is 6.10. The molecule has 1 aliphatic rings. The van der Waals surface area contributed by atoms with E-state index in [4.69, 9.17) is 5.73 Å². The Balaban J connectivity index is 0.00000324. The van der Waals surface area contributed by atoms with Crippen LogP contribution < -0.4 is 11.1 Å². The molecule has 3 N–H and O–H groups in total. The number of hydrogen-bond acceptors (Lipinski definition) is 4. The van der Waals surface area contributed by atoms with Crippen molar-refractivity contribution in [2.75, 3.05) is 12.3 Å². The predicted molar refractivity (Wildman–Crippen MR) is 79.2 cm³/mol. The van der Waals surface area contributed by atoms with Crippen LogP contribution in [0.5, 0.6) is 0 Å². The van der Waals surface area contributed by atoms with Crippen molar-refractivity contribution in [1.29, 1.82) is 0 Å². The van der Waals surface area contributed by atoms with Gasteiger partial charge in [0.2, 0.25) is 5.91 Å². The minimum absolute atomic E-state index is 0. The van der Waals surface area contributed by atoms with Gasteiger partial charge in [0.1, 0.15) is 0 Å². The van der Waals surface area contributed by atoms with Crippen molar-refractivity contribution < 1.29 is 13.2 Å². The van der Waals surface area contributed by atoms with Gasteiger partial charge in [0.05, 0.1) is 11.0 Å². The molecule has 0 aliphatic heterocycles. The third-order valence-corrected chi connectivity index (χ3v) is 5.67. The first kappa shape index (κ1) is 18.7. The first-order chi connectivity index (χ1) is 8.27. The van der Waals surface area contributed by atoms with Crippen molar-refractivity contribution in [3.8, 4) is 0 Å². The molecule has 114 valence electrons. The number of carbonyl (C=O) groups is 1. The molecule has 0 heterocycles. The lowest BCUT2D eigenvalue weighted by atomic mass is 10.1. The van der Waals surface area contributed by atoms with Crippen LogP contribution in [0.15, 0.2) is 0 Å². The van der Waals surface area contributed by atoms with Crippen LogP contribution in [-0.4, -0.2) is 37.4 Å². The number of sulfone groups is 1. The fraction of sp³-hybridized carbons (Fsp3) is 0.917. The highest BCUT2D eigenvalue weighted by Gasteiger charge is 2.29. The molecule has 0 bridgehead atoms. The quantitative estimate of drug-likeness (QED) is 0.766. The highest BCUT2D eigenvalue weighted by molar-refractivity contribution is 7.92. The summed E-state index contributed by atoms with van der Waals surface area (Å²) in [5.41, 5.74) is 5.03. The molecule has 0 spiro atoms. The van der Waals surface area contributed by atoms with Crippen LogP contribution in [0.4, 0.5) is 0 Å². The van der Waals surface area contributed by atoms with Gasteiger partial charge in [-0.15, -0.1) is 12.4 Å². The van der Waals surface area contributed by atoms with Crippen molar-refractivity contribution in [3.05, 3.63) is 0 Å². The second-order valence-electron chi connectivity index (χ2n) is 5.66. The number of amides is 1. The van der Waals surface area contributed by atoms with Gasteiger partial charge in [0, 0.05) is 18.5 Å². The Hall–Kier alpha value is -0.330. The Morgan fingerprint density at radius 1 is 1.32 bits per heavy atom. The van der Waals surface area contributed by atoms with Crippen LogP contribution in [0, 0.1) is 0 Å². The van der Waals surface area contributed by atoms with Gasteiger partial charge in [0.15, 0.2) is 9.84 Å². The van der Waals surface area contributed by atoms with E-state index in [-0.39, 0.29) is 35.7 Å². The number of halogens is 1. The molecule has 1 aliphatic carbocycles. The van der Waals surface area contributed by atoms with Crippen molar-refractivity contribution in [1.82, 2.24) is 5.32 Å². The summed E-state index contributed by atoms with van der Waals surface area (Å²) < 4.78 is 23.9. The largest absolute Gasteiger partial charge is 0.350 e. The van der Waals surface area contributed by atoms with E-state index in [1.807, 2.05) is 13.8 Å². The van der Waals surface area contributed by atoms with E-state index in [0.29, 0.717) is 6.54 Å². The Morgan fingerprint density at radius 3 is 2.32 bits per heavy atom. The lowest BCUT2D eigenvalue weighted by molar-refractivity contribution is -0.122. The molecule has 0 aromatic carbocycles. The summed E-state index contributed by atoms with van der Waals surface area (Å²) in [6.45, 7) is 3.96. The second kappa shape index (κ2) is 7.45. The van der Waals surface area contributed by atoms with Crippen LogP contribution >= 0.6 is 12.4 Å². The maximum absolute atomic E-state index is 12.0. The van der Waals surface area contributed by atoms with Crippen LogP contribution in [0.2, 0.25) is 0 Å². The maximum atomic E-state index is 12.0. The Morgan fingerprint density at radius 2 is 1.84 bits per heavy atom. The number of nitrogens with two attached hydrogens (primary N) is 1. The van der Waals surface area contributed by atoms with Crippen molar-refractivity contribution >= 4 is 28.2 Å². The Labute approximate surface area is 122 Å². The van der Waals surface area contributed by atoms with E-state index in [1.165, 1.54) is 0 Å². The van der Waals surface area contributed by atoms with E-state index in [0.717, 1.165) is 25.7 Å². The van der Waals surface area contributed by atoms with Crippen LogP contribution in [0.25, 0.3) is 0 Å². The number of carbonyl (C=O) groups excluding carboxylic acids is 1. The predicted octanol–water partition coefficient (Wildman–Crippen LogP) is 1.01. The highest BCUT2D eigenvalue weighted by atomic mass is 35.5. The van der Waals surface area contributed by atoms with Crippen molar-refractivity contribution in [2.45, 2.75) is 56.7 Å². The molecule has 1 saturated carbocycles. The standard InChI is InChI=1S/C12H24N2O3S.ClH/c1-12(2,9-13)14-11(15)7-8-18(16,17)10-5-3-4-6-10;/h10H,3-9,13H2,1-2H3,(H,14,15);1H. The van der Waals surface area contributed by atoms with E-state index >= 15 is 0 Å². The molecule has 1 amide bonds. The lowest BCUT2D eigenvalue weighted by Crippen LogP contribution is -2.49. The average molecular weight is 313 g/mol. The van der Waals surface area contributed by atoms with Gasteiger partial charge in [-0.2, -0.15) is 0 Å². The zero-order chi connectivity index (χ0) is 13.8. The number of rotatable bonds is 6. The average Bonchev–Trinajstić information content (AvgIpc) is 2.80. The first-order valence-electron chi connectivity index (χ1n) is 6.49. The first-order valence-corrected chi connectivity index (χ1v) is 8.21. The summed E-state index contributed by atoms with van der Waals surface area (Å²) in [5, 5.41) is 2.51. The molecule has 1 rings (SSSR count). The molecule has 19 heavy (non-hydrogen) atoms. The summed E-state index contributed by atoms with van der Waals surface area (Å²) in [7, 11) is -3.11. The maximum Gasteiger partial charge on any atom is 0.221 e. The molecule has 1 fully saturated rings. The lowest BCUT2D eigenvalue weighted by Gasteiger charge is -2.24. The van der Waals surface area contributed by atoms with Crippen LogP contribution in [0.1, 0.15) is 46.0 Å². The summed E-state index contributed by atoms with van der Waals surface area (Å²) in [6, 6.07) is 0. The Kier molecular flexibility index (Phi) is 7.32. The molecular formula is C12H25ClN2O3S. The van der Waals surface area contributed by atoms with Crippen molar-refractivity contribution in [2.24, 2.45) is 5.73 Å². The highest BCUT2D eigenvalue weighted by Crippen LogP contribution is 2.25. The molecule has 0 aromatic rings. The molecule has 7 heteroatoms. The van der Waals surface area contributed by atoms with Crippen LogP contribution in [-0.2, 0) is 14.6 Å². The zero-order valence-corrected chi connectivity index (χ0v) is 13.3. The van der Waals surface area contributed by atoms with Gasteiger partial charge in [-0.05, 0) is 26.7 Å². The molecule has 0 aromatic heterocycles. The van der Waals surface area contributed by atoms with Gasteiger partial charge >= 0.3 is 0 Å². The second-order valence-corrected chi connectivity index (χ2v) is 8.06. The van der Waals surface area contributed by atoms with E-state index in [1.54, 1.807) is 0 Å². The zero-order valence-electron chi connectivity index (χ0n) is 11.6. The SMILES string of the molecule is CC(C)(CN)NC(=O)CCS(=O)(=O)C1CCCC1.Cl. The van der Waals surface area contributed by atoms with Gasteiger partial charge in [0.25, 0.3) is 0 Å². The molecule has 0 radical (unpaired) electrons. The van der Waals surface area contributed by atoms with Crippen molar-refractivity contribution in [3.63, 3.8) is 0 Å². The molecule has 0 unspecified atom stereocenters. The van der Waals surface area contributed by atoms with E-state index < -0.39 is 15.4 Å². The monoisotopic (exact) mass is 312 g/mol. The van der Waals surface area contributed by atoms with Gasteiger partial charge < -0.3 is 11.1 Å². The fourth-order valence-corrected chi connectivity index (χ4v) is 3.99. The van der Waals surface area contributed by atoms with E-state index in [2.05, 4.69) is 5.32 Å². The van der Waals surface area contributed by atoms with Gasteiger partial charge in [-0.1, -0.05) is 12.8 Å². The summed E-state index contributed by atoms with van der Waals surface area (Å²) >= 11 is 0. The van der Waals surface area contributed by atoms with E-state index in [9.17, 15) is 13.2 Å². The normalized spacial score (nSPS) is 17.0. The Bertz CT molecular complexity index is 390. The minimum Gasteiger partial charge on any atom is -0.350 e. The fourth-order valence-electron chi connectivity index (χ4n) is 2.14. The smallest absolute Gasteiger partial charge is 0.221 e. The molecule has 5 nitrogen and oxygen atoms in total. The number of hydrogen-bond donors (Lipinski definition) is 2. The molecular weight excluding hydrogens is 288 g/mol. The topological polar surface area (TPSA) is 89.3 Å². The molecule has 0 atom stereocenters.